The highest BCUT2D eigenvalue weighted by atomic mass is 79.9. The van der Waals surface area contributed by atoms with Crippen LogP contribution in [0.25, 0.3) is 17.1 Å². The van der Waals surface area contributed by atoms with Gasteiger partial charge in [-0.05, 0) is 63.3 Å². The summed E-state index contributed by atoms with van der Waals surface area (Å²) in [5, 5.41) is 13.5. The SMILES string of the molecule is COc1ccc(-n2c(SCC(=O)NN=Cc3ccc(Br)s3)nnc2-c2ccc(C(C)(C)C)cc2)cc1. The number of ether oxygens (including phenoxy) is 1. The molecule has 10 heteroatoms. The van der Waals surface area contributed by atoms with E-state index in [0.717, 1.165) is 25.7 Å². The molecular weight excluding hydrogens is 558 g/mol. The number of benzene rings is 2. The van der Waals surface area contributed by atoms with E-state index >= 15 is 0 Å². The molecule has 0 spiro atoms. The Bertz CT molecular complexity index is 1360. The van der Waals surface area contributed by atoms with E-state index in [9.17, 15) is 4.79 Å². The molecule has 2 aromatic carbocycles. The minimum absolute atomic E-state index is 0.0546. The van der Waals surface area contributed by atoms with Gasteiger partial charge in [-0.2, -0.15) is 5.10 Å². The molecule has 0 aliphatic carbocycles. The molecule has 1 amide bonds. The quantitative estimate of drug-likeness (QED) is 0.149. The van der Waals surface area contributed by atoms with Crippen LogP contribution in [0.15, 0.2) is 74.7 Å². The smallest absolute Gasteiger partial charge is 0.250 e. The summed E-state index contributed by atoms with van der Waals surface area (Å²) >= 11 is 6.25. The summed E-state index contributed by atoms with van der Waals surface area (Å²) in [5.41, 5.74) is 5.68. The Hall–Kier alpha value is -2.95. The van der Waals surface area contributed by atoms with Gasteiger partial charge in [-0.1, -0.05) is 56.8 Å². The number of halogens is 1. The molecular formula is C26H26BrN5O2S2. The molecule has 0 saturated heterocycles. The van der Waals surface area contributed by atoms with Crippen LogP contribution in [0.5, 0.6) is 5.75 Å². The van der Waals surface area contributed by atoms with Gasteiger partial charge in [-0.3, -0.25) is 9.36 Å². The van der Waals surface area contributed by atoms with Crippen LogP contribution >= 0.6 is 39.0 Å². The zero-order chi connectivity index (χ0) is 25.7. The van der Waals surface area contributed by atoms with Crippen molar-refractivity contribution in [3.05, 3.63) is 74.9 Å². The number of thioether (sulfide) groups is 1. The first-order valence-corrected chi connectivity index (χ1v) is 13.7. The minimum atomic E-state index is -0.229. The third-order valence-electron chi connectivity index (χ3n) is 5.28. The standard InChI is InChI=1S/C26H26BrN5O2S2/c1-26(2,3)18-7-5-17(6-8-18)24-30-31-25(32(24)19-9-11-20(34-4)12-10-19)35-16-23(33)29-28-15-21-13-14-22(27)36-21/h5-15H,16H2,1-4H3,(H,29,33). The number of nitrogens with one attached hydrogen (secondary N) is 1. The first-order chi connectivity index (χ1) is 17.2. The highest BCUT2D eigenvalue weighted by molar-refractivity contribution is 9.11. The van der Waals surface area contributed by atoms with Gasteiger partial charge < -0.3 is 4.74 Å². The first kappa shape index (κ1) is 26.1. The Morgan fingerprint density at radius 2 is 1.83 bits per heavy atom. The van der Waals surface area contributed by atoms with Crippen molar-refractivity contribution in [2.24, 2.45) is 5.10 Å². The minimum Gasteiger partial charge on any atom is -0.497 e. The maximum Gasteiger partial charge on any atom is 0.250 e. The molecule has 0 unspecified atom stereocenters. The van der Waals surface area contributed by atoms with E-state index in [0.29, 0.717) is 11.0 Å². The van der Waals surface area contributed by atoms with Crippen LogP contribution < -0.4 is 10.2 Å². The molecule has 0 radical (unpaired) electrons. The molecule has 0 bridgehead atoms. The Labute approximate surface area is 227 Å². The van der Waals surface area contributed by atoms with Gasteiger partial charge in [0.2, 0.25) is 0 Å². The molecule has 0 saturated carbocycles. The van der Waals surface area contributed by atoms with E-state index < -0.39 is 0 Å². The van der Waals surface area contributed by atoms with Crippen molar-refractivity contribution in [1.29, 1.82) is 0 Å². The van der Waals surface area contributed by atoms with Gasteiger partial charge in [0, 0.05) is 16.1 Å². The number of methoxy groups -OCH3 is 1. The molecule has 186 valence electrons. The van der Waals surface area contributed by atoms with E-state index in [2.05, 4.69) is 81.7 Å². The number of aromatic nitrogens is 3. The molecule has 1 N–H and O–H groups in total. The van der Waals surface area contributed by atoms with Gasteiger partial charge in [0.25, 0.3) is 5.91 Å². The lowest BCUT2D eigenvalue weighted by Gasteiger charge is -2.19. The van der Waals surface area contributed by atoms with Crippen molar-refractivity contribution in [1.82, 2.24) is 20.2 Å². The number of rotatable bonds is 8. The normalized spacial score (nSPS) is 11.7. The summed E-state index contributed by atoms with van der Waals surface area (Å²) in [5.74, 6) is 1.37. The molecule has 0 atom stereocenters. The first-order valence-electron chi connectivity index (χ1n) is 11.2. The number of hydrazone groups is 1. The number of hydrogen-bond donors (Lipinski definition) is 1. The van der Waals surface area contributed by atoms with E-state index in [1.165, 1.54) is 28.7 Å². The average molecular weight is 585 g/mol. The molecule has 2 aromatic heterocycles. The summed E-state index contributed by atoms with van der Waals surface area (Å²) in [6.07, 6.45) is 1.62. The molecule has 0 aliphatic rings. The highest BCUT2D eigenvalue weighted by Gasteiger charge is 2.19. The topological polar surface area (TPSA) is 81.4 Å². The van der Waals surface area contributed by atoms with Crippen LogP contribution in [-0.4, -0.2) is 39.7 Å². The number of hydrogen-bond acceptors (Lipinski definition) is 7. The van der Waals surface area contributed by atoms with E-state index in [4.69, 9.17) is 4.74 Å². The predicted octanol–water partition coefficient (Wildman–Crippen LogP) is 6.31. The largest absolute Gasteiger partial charge is 0.497 e. The summed E-state index contributed by atoms with van der Waals surface area (Å²) in [6.45, 7) is 6.56. The molecule has 0 aliphatic heterocycles. The lowest BCUT2D eigenvalue weighted by Crippen LogP contribution is -2.19. The fourth-order valence-corrected chi connectivity index (χ4v) is 5.40. The second-order valence-electron chi connectivity index (χ2n) is 8.89. The summed E-state index contributed by atoms with van der Waals surface area (Å²) in [4.78, 5) is 13.4. The fraction of sp³-hybridized carbons (Fsp3) is 0.231. The molecule has 36 heavy (non-hydrogen) atoms. The van der Waals surface area contributed by atoms with Gasteiger partial charge in [0.15, 0.2) is 11.0 Å². The van der Waals surface area contributed by atoms with E-state index in [1.807, 2.05) is 41.0 Å². The lowest BCUT2D eigenvalue weighted by atomic mass is 9.87. The fourth-order valence-electron chi connectivity index (χ4n) is 3.36. The van der Waals surface area contributed by atoms with E-state index in [1.54, 1.807) is 13.3 Å². The molecule has 4 aromatic rings. The van der Waals surface area contributed by atoms with Crippen LogP contribution in [0, 0.1) is 0 Å². The summed E-state index contributed by atoms with van der Waals surface area (Å²) in [6, 6.07) is 19.9. The van der Waals surface area contributed by atoms with Crippen LogP contribution in [0.2, 0.25) is 0 Å². The molecule has 2 heterocycles. The predicted molar refractivity (Wildman–Crippen MR) is 151 cm³/mol. The van der Waals surface area contributed by atoms with Crippen molar-refractivity contribution in [2.45, 2.75) is 31.3 Å². The maximum atomic E-state index is 12.4. The van der Waals surface area contributed by atoms with Crippen LogP contribution in [0.3, 0.4) is 0 Å². The maximum absolute atomic E-state index is 12.4. The van der Waals surface area contributed by atoms with Crippen LogP contribution in [0.1, 0.15) is 31.2 Å². The Kier molecular flexibility index (Phi) is 8.28. The van der Waals surface area contributed by atoms with Gasteiger partial charge >= 0.3 is 0 Å². The van der Waals surface area contributed by atoms with Crippen LogP contribution in [0.4, 0.5) is 0 Å². The van der Waals surface area contributed by atoms with Crippen molar-refractivity contribution in [2.75, 3.05) is 12.9 Å². The zero-order valence-electron chi connectivity index (χ0n) is 20.4. The molecule has 4 rings (SSSR count). The Morgan fingerprint density at radius 1 is 1.11 bits per heavy atom. The van der Waals surface area contributed by atoms with Crippen LogP contribution in [-0.2, 0) is 10.2 Å². The van der Waals surface area contributed by atoms with E-state index in [-0.39, 0.29) is 17.1 Å². The zero-order valence-corrected chi connectivity index (χ0v) is 23.6. The number of thiophene rings is 1. The van der Waals surface area contributed by atoms with Crippen molar-refractivity contribution in [3.8, 4) is 22.8 Å². The van der Waals surface area contributed by atoms with Gasteiger partial charge in [0.1, 0.15) is 5.75 Å². The Morgan fingerprint density at radius 3 is 2.44 bits per heavy atom. The highest BCUT2D eigenvalue weighted by Crippen LogP contribution is 2.30. The number of carbonyl (C=O) groups is 1. The van der Waals surface area contributed by atoms with Crippen molar-refractivity contribution >= 4 is 51.2 Å². The summed E-state index contributed by atoms with van der Waals surface area (Å²) < 4.78 is 8.27. The lowest BCUT2D eigenvalue weighted by molar-refractivity contribution is -0.118. The van der Waals surface area contributed by atoms with Gasteiger partial charge in [-0.25, -0.2) is 5.43 Å². The second-order valence-corrected chi connectivity index (χ2v) is 12.3. The molecule has 7 nitrogen and oxygen atoms in total. The number of carbonyl (C=O) groups excluding carboxylic acids is 1. The third-order valence-corrected chi connectivity index (χ3v) is 7.77. The van der Waals surface area contributed by atoms with Crippen molar-refractivity contribution in [3.63, 3.8) is 0 Å². The monoisotopic (exact) mass is 583 g/mol. The Balaban J connectivity index is 1.56. The average Bonchev–Trinajstić information content (AvgIpc) is 3.48. The number of nitrogens with zero attached hydrogens (tertiary/aromatic N) is 4. The van der Waals surface area contributed by atoms with Crippen molar-refractivity contribution < 1.29 is 9.53 Å². The number of amides is 1. The molecule has 0 fully saturated rings. The van der Waals surface area contributed by atoms with Gasteiger partial charge in [-0.15, -0.1) is 21.5 Å². The third kappa shape index (κ3) is 6.43. The van der Waals surface area contributed by atoms with Gasteiger partial charge in [0.05, 0.1) is 22.9 Å². The summed E-state index contributed by atoms with van der Waals surface area (Å²) in [7, 11) is 1.63. The second kappa shape index (κ2) is 11.4.